The van der Waals surface area contributed by atoms with Crippen molar-refractivity contribution in [3.05, 3.63) is 70.2 Å². The summed E-state index contributed by atoms with van der Waals surface area (Å²) in [5.74, 6) is -1.61. The second-order valence-electron chi connectivity index (χ2n) is 7.16. The third-order valence-electron chi connectivity index (χ3n) is 5.63. The van der Waals surface area contributed by atoms with Gasteiger partial charge in [-0.1, -0.05) is 58.4 Å². The second-order valence-corrected chi connectivity index (χ2v) is 8.08. The van der Waals surface area contributed by atoms with Crippen LogP contribution < -0.4 is 0 Å². The van der Waals surface area contributed by atoms with Crippen molar-refractivity contribution in [2.75, 3.05) is 6.54 Å². The number of hydrogen-bond acceptors (Lipinski definition) is 3. The number of carbonyl (C=O) groups excluding carboxylic acids is 1. The summed E-state index contributed by atoms with van der Waals surface area (Å²) in [6.45, 7) is 0.195. The third-order valence-corrected chi connectivity index (χ3v) is 6.16. The van der Waals surface area contributed by atoms with E-state index < -0.39 is 22.1 Å². The molecule has 1 fully saturated rings. The number of carbonyl (C=O) groups is 3. The van der Waals surface area contributed by atoms with Gasteiger partial charge in [0, 0.05) is 28.4 Å². The molecule has 2 aromatic rings. The van der Waals surface area contributed by atoms with Crippen LogP contribution in [0.25, 0.3) is 0 Å². The first-order valence-electron chi connectivity index (χ1n) is 8.97. The zero-order valence-corrected chi connectivity index (χ0v) is 16.8. The Morgan fingerprint density at radius 2 is 1.64 bits per heavy atom. The van der Waals surface area contributed by atoms with Crippen LogP contribution in [0.2, 0.25) is 0 Å². The molecule has 2 aromatic carbocycles. The molecule has 2 atom stereocenters. The molecule has 0 spiro atoms. The molecule has 3 rings (SSSR count). The highest BCUT2D eigenvalue weighted by molar-refractivity contribution is 9.10. The summed E-state index contributed by atoms with van der Waals surface area (Å²) in [6, 6.07) is 15.6. The van der Waals surface area contributed by atoms with E-state index in [1.165, 1.54) is 0 Å². The average Bonchev–Trinajstić information content (AvgIpc) is 3.03. The summed E-state index contributed by atoms with van der Waals surface area (Å²) in [6.07, 6.45) is -1.00. The standard InChI is InChI=1S/C21H20BrNO5/c22-17-9-7-16(8-10-17)18(24)13-21(19(25)26)11-4-12-23(21,20(27)28)14-15-5-2-1-3-6-15/h1-3,5-10H,4,11-14H2,(H-,25,26,27,28)/p+1/t21-,23?/m0/s1. The Morgan fingerprint density at radius 1 is 1.00 bits per heavy atom. The molecule has 1 heterocycles. The van der Waals surface area contributed by atoms with Crippen molar-refractivity contribution in [3.63, 3.8) is 0 Å². The third kappa shape index (κ3) is 3.47. The molecule has 0 aliphatic carbocycles. The summed E-state index contributed by atoms with van der Waals surface area (Å²) in [5.41, 5.74) is -0.598. The molecular formula is C21H21BrNO5+. The number of quaternary nitrogens is 1. The van der Waals surface area contributed by atoms with E-state index >= 15 is 0 Å². The predicted molar refractivity (Wildman–Crippen MR) is 106 cm³/mol. The van der Waals surface area contributed by atoms with Gasteiger partial charge in [-0.05, 0) is 12.1 Å². The van der Waals surface area contributed by atoms with Gasteiger partial charge in [0.05, 0.1) is 13.0 Å². The van der Waals surface area contributed by atoms with E-state index in [1.54, 1.807) is 48.5 Å². The summed E-state index contributed by atoms with van der Waals surface area (Å²) in [5, 5.41) is 20.2. The minimum atomic E-state index is -1.70. The molecule has 0 bridgehead atoms. The van der Waals surface area contributed by atoms with Crippen molar-refractivity contribution < 1.29 is 29.1 Å². The van der Waals surface area contributed by atoms with Crippen LogP contribution in [0.4, 0.5) is 4.79 Å². The maximum atomic E-state index is 12.9. The number of rotatable bonds is 6. The highest BCUT2D eigenvalue weighted by atomic mass is 79.9. The van der Waals surface area contributed by atoms with Crippen molar-refractivity contribution >= 4 is 33.8 Å². The van der Waals surface area contributed by atoms with E-state index in [4.69, 9.17) is 0 Å². The van der Waals surface area contributed by atoms with E-state index in [9.17, 15) is 24.6 Å². The molecule has 7 heteroatoms. The number of carboxylic acid groups (broad SMARTS) is 2. The van der Waals surface area contributed by atoms with Gasteiger partial charge in [0.25, 0.3) is 0 Å². The minimum Gasteiger partial charge on any atom is -0.477 e. The van der Waals surface area contributed by atoms with Crippen LogP contribution >= 0.6 is 15.9 Å². The minimum absolute atomic E-state index is 0.0239. The number of hydrogen-bond donors (Lipinski definition) is 2. The van der Waals surface area contributed by atoms with Crippen LogP contribution in [0, 0.1) is 0 Å². The molecule has 0 aromatic heterocycles. The van der Waals surface area contributed by atoms with Gasteiger partial charge >= 0.3 is 12.1 Å². The van der Waals surface area contributed by atoms with Crippen molar-refractivity contribution in [1.29, 1.82) is 0 Å². The van der Waals surface area contributed by atoms with Crippen LogP contribution in [0.15, 0.2) is 59.1 Å². The number of halogens is 1. The van der Waals surface area contributed by atoms with E-state index in [0.717, 1.165) is 10.0 Å². The first kappa shape index (κ1) is 20.2. The summed E-state index contributed by atoms with van der Waals surface area (Å²) < 4.78 is 0.131. The number of benzene rings is 2. The lowest BCUT2D eigenvalue weighted by Crippen LogP contribution is -2.67. The number of ketones is 1. The second kappa shape index (κ2) is 7.85. The van der Waals surface area contributed by atoms with Crippen molar-refractivity contribution in [1.82, 2.24) is 0 Å². The first-order chi connectivity index (χ1) is 13.3. The highest BCUT2D eigenvalue weighted by Gasteiger charge is 2.65. The maximum Gasteiger partial charge on any atom is 0.514 e. The van der Waals surface area contributed by atoms with Crippen LogP contribution in [-0.4, -0.2) is 44.6 Å². The van der Waals surface area contributed by atoms with Crippen LogP contribution in [0.3, 0.4) is 0 Å². The molecule has 1 aliphatic heterocycles. The van der Waals surface area contributed by atoms with E-state index in [-0.39, 0.29) is 31.7 Å². The lowest BCUT2D eigenvalue weighted by atomic mass is 9.85. The molecule has 1 saturated heterocycles. The largest absolute Gasteiger partial charge is 0.514 e. The molecule has 1 amide bonds. The van der Waals surface area contributed by atoms with E-state index in [1.807, 2.05) is 6.07 Å². The number of nitrogens with zero attached hydrogens (tertiary/aromatic N) is 1. The predicted octanol–water partition coefficient (Wildman–Crippen LogP) is 4.33. The highest BCUT2D eigenvalue weighted by Crippen LogP contribution is 2.43. The van der Waals surface area contributed by atoms with Crippen molar-refractivity contribution in [2.24, 2.45) is 0 Å². The Hall–Kier alpha value is -2.51. The van der Waals surface area contributed by atoms with Crippen LogP contribution in [-0.2, 0) is 11.3 Å². The number of amides is 1. The Bertz CT molecular complexity index is 899. The Labute approximate surface area is 171 Å². The van der Waals surface area contributed by atoms with E-state index in [0.29, 0.717) is 12.0 Å². The fourth-order valence-corrected chi connectivity index (χ4v) is 4.41. The van der Waals surface area contributed by atoms with Gasteiger partial charge in [-0.2, -0.15) is 4.79 Å². The summed E-state index contributed by atoms with van der Waals surface area (Å²) in [7, 11) is 0. The maximum absolute atomic E-state index is 12.9. The normalized spacial score (nSPS) is 24.0. The number of aliphatic carboxylic acids is 1. The lowest BCUT2D eigenvalue weighted by molar-refractivity contribution is -0.899. The number of Topliss-reactive ketones (excluding diaryl/α,β-unsaturated/α-hetero) is 1. The van der Waals surface area contributed by atoms with Gasteiger partial charge in [-0.3, -0.25) is 4.79 Å². The van der Waals surface area contributed by atoms with Gasteiger partial charge in [0.2, 0.25) is 5.54 Å². The Balaban J connectivity index is 2.02. The van der Waals surface area contributed by atoms with Crippen LogP contribution in [0.5, 0.6) is 0 Å². The number of likely N-dealkylation sites (tertiary alicyclic amines) is 1. The van der Waals surface area contributed by atoms with Gasteiger partial charge in [0.1, 0.15) is 6.54 Å². The van der Waals surface area contributed by atoms with Gasteiger partial charge < -0.3 is 10.2 Å². The fraction of sp³-hybridized carbons (Fsp3) is 0.286. The number of carboxylic acids is 1. The van der Waals surface area contributed by atoms with E-state index in [2.05, 4.69) is 15.9 Å². The molecular weight excluding hydrogens is 426 g/mol. The fourth-order valence-electron chi connectivity index (χ4n) is 4.15. The van der Waals surface area contributed by atoms with Crippen molar-refractivity contribution in [3.8, 4) is 0 Å². The Kier molecular flexibility index (Phi) is 5.67. The van der Waals surface area contributed by atoms with Gasteiger partial charge in [0.15, 0.2) is 5.78 Å². The van der Waals surface area contributed by atoms with Crippen LogP contribution in [0.1, 0.15) is 35.2 Å². The van der Waals surface area contributed by atoms with Crippen molar-refractivity contribution in [2.45, 2.75) is 31.3 Å². The molecule has 1 aliphatic rings. The van der Waals surface area contributed by atoms with Gasteiger partial charge in [-0.25, -0.2) is 9.28 Å². The molecule has 28 heavy (non-hydrogen) atoms. The molecule has 2 N–H and O–H groups in total. The molecule has 0 radical (unpaired) electrons. The quantitative estimate of drug-likeness (QED) is 0.508. The smallest absolute Gasteiger partial charge is 0.477 e. The topological polar surface area (TPSA) is 91.7 Å². The monoisotopic (exact) mass is 446 g/mol. The molecule has 1 unspecified atom stereocenters. The van der Waals surface area contributed by atoms with Gasteiger partial charge in [-0.15, -0.1) is 0 Å². The zero-order chi connectivity index (χ0) is 20.4. The first-order valence-corrected chi connectivity index (χ1v) is 9.77. The summed E-state index contributed by atoms with van der Waals surface area (Å²) in [4.78, 5) is 37.7. The molecule has 0 saturated carbocycles. The SMILES string of the molecule is O=C(C[C@]1(C(=O)O)CCC[N+]1(Cc1ccccc1)C(=O)O)c1ccc(Br)cc1. The lowest BCUT2D eigenvalue weighted by Gasteiger charge is -2.41. The Morgan fingerprint density at radius 3 is 2.21 bits per heavy atom. The molecule has 146 valence electrons. The average molecular weight is 447 g/mol. The summed E-state index contributed by atoms with van der Waals surface area (Å²) >= 11 is 3.30. The molecule has 6 nitrogen and oxygen atoms in total. The zero-order valence-electron chi connectivity index (χ0n) is 15.2.